The molecule has 0 aliphatic carbocycles. The van der Waals surface area contributed by atoms with E-state index in [-0.39, 0.29) is 5.91 Å². The monoisotopic (exact) mass is 354 g/mol. The van der Waals surface area contributed by atoms with Gasteiger partial charge in [0.2, 0.25) is 0 Å². The zero-order valence-corrected chi connectivity index (χ0v) is 16.7. The second kappa shape index (κ2) is 8.79. The van der Waals surface area contributed by atoms with Gasteiger partial charge in [-0.25, -0.2) is 9.97 Å². The van der Waals surface area contributed by atoms with Crippen LogP contribution in [0, 0.1) is 6.92 Å². The summed E-state index contributed by atoms with van der Waals surface area (Å²) in [5.74, 6) is 1.82. The summed E-state index contributed by atoms with van der Waals surface area (Å²) in [6.07, 6.45) is 0.889. The number of hydrogen-bond donors (Lipinski definition) is 2. The average Bonchev–Trinajstić information content (AvgIpc) is 2.58. The Hall–Kier alpha value is -2.43. The van der Waals surface area contributed by atoms with Gasteiger partial charge in [0, 0.05) is 18.3 Å². The topological polar surface area (TPSA) is 66.9 Å². The Balaban J connectivity index is 2.42. The van der Waals surface area contributed by atoms with Crippen molar-refractivity contribution in [3.8, 4) is 0 Å². The van der Waals surface area contributed by atoms with E-state index in [1.165, 1.54) is 11.1 Å². The van der Waals surface area contributed by atoms with Gasteiger partial charge in [0.25, 0.3) is 5.91 Å². The molecule has 1 heterocycles. The number of benzene rings is 1. The lowest BCUT2D eigenvalue weighted by Crippen LogP contribution is -2.25. The van der Waals surface area contributed by atoms with Crippen molar-refractivity contribution < 1.29 is 4.79 Å². The van der Waals surface area contributed by atoms with Crippen LogP contribution in [0.4, 0.5) is 11.5 Å². The summed E-state index contributed by atoms with van der Waals surface area (Å²) in [6, 6.07) is 8.10. The van der Waals surface area contributed by atoms with Crippen molar-refractivity contribution in [2.24, 2.45) is 0 Å². The first-order valence-electron chi connectivity index (χ1n) is 9.37. The highest BCUT2D eigenvalue weighted by Crippen LogP contribution is 2.34. The Labute approximate surface area is 156 Å². The molecule has 2 rings (SSSR count). The lowest BCUT2D eigenvalue weighted by molar-refractivity contribution is 0.0948. The highest BCUT2D eigenvalue weighted by Gasteiger charge is 2.16. The predicted molar refractivity (Wildman–Crippen MR) is 107 cm³/mol. The average molecular weight is 354 g/mol. The van der Waals surface area contributed by atoms with Crippen molar-refractivity contribution in [3.63, 3.8) is 0 Å². The second-order valence-corrected chi connectivity index (χ2v) is 7.19. The smallest absolute Gasteiger partial charge is 0.270 e. The van der Waals surface area contributed by atoms with Crippen molar-refractivity contribution in [3.05, 3.63) is 46.9 Å². The van der Waals surface area contributed by atoms with Crippen LogP contribution >= 0.6 is 0 Å². The molecule has 0 bridgehead atoms. The molecule has 1 aromatic carbocycles. The molecule has 0 aliphatic rings. The quantitative estimate of drug-likeness (QED) is 0.741. The molecule has 2 N–H and O–H groups in total. The number of rotatable bonds is 7. The van der Waals surface area contributed by atoms with Gasteiger partial charge in [-0.3, -0.25) is 4.79 Å². The highest BCUT2D eigenvalue weighted by molar-refractivity contribution is 5.93. The number of hydrogen-bond acceptors (Lipinski definition) is 4. The van der Waals surface area contributed by atoms with Crippen LogP contribution in [0.1, 0.15) is 80.3 Å². The summed E-state index contributed by atoms with van der Waals surface area (Å²) >= 11 is 0. The predicted octanol–water partition coefficient (Wildman–Crippen LogP) is 4.92. The zero-order chi connectivity index (χ0) is 19.3. The van der Waals surface area contributed by atoms with Gasteiger partial charge >= 0.3 is 0 Å². The summed E-state index contributed by atoms with van der Waals surface area (Å²) < 4.78 is 0. The molecular weight excluding hydrogens is 324 g/mol. The highest BCUT2D eigenvalue weighted by atomic mass is 16.1. The molecular formula is C21H30N4O. The summed E-state index contributed by atoms with van der Waals surface area (Å²) in [5, 5.41) is 6.33. The molecule has 0 saturated heterocycles. The van der Waals surface area contributed by atoms with Gasteiger partial charge in [-0.05, 0) is 36.3 Å². The van der Waals surface area contributed by atoms with Gasteiger partial charge in [-0.1, -0.05) is 52.8 Å². The maximum Gasteiger partial charge on any atom is 0.270 e. The van der Waals surface area contributed by atoms with Crippen molar-refractivity contribution in [2.75, 3.05) is 11.9 Å². The van der Waals surface area contributed by atoms with Gasteiger partial charge in [-0.15, -0.1) is 0 Å². The molecule has 0 atom stereocenters. The fraction of sp³-hybridized carbons (Fsp3) is 0.476. The molecule has 0 radical (unpaired) electrons. The number of nitrogens with one attached hydrogen (secondary N) is 2. The number of amides is 1. The van der Waals surface area contributed by atoms with Crippen LogP contribution in [0.5, 0.6) is 0 Å². The number of nitrogens with zero attached hydrogens (tertiary/aromatic N) is 2. The summed E-state index contributed by atoms with van der Waals surface area (Å²) in [7, 11) is 0. The standard InChI is InChI=1S/C21H30N4O/c1-7-11-22-21(26)18-12-19(24-15(6)23-18)25-20-16(13(2)3)9-8-10-17(20)14(4)5/h8-10,12-14H,7,11H2,1-6H3,(H,22,26)(H,23,24,25). The molecule has 5 nitrogen and oxygen atoms in total. The first kappa shape index (κ1) is 19.9. The first-order valence-corrected chi connectivity index (χ1v) is 9.37. The van der Waals surface area contributed by atoms with E-state index in [4.69, 9.17) is 0 Å². The van der Waals surface area contributed by atoms with E-state index in [0.29, 0.717) is 35.7 Å². The Morgan fingerprint density at radius 3 is 2.23 bits per heavy atom. The minimum Gasteiger partial charge on any atom is -0.351 e. The molecule has 1 amide bonds. The normalized spacial score (nSPS) is 11.1. The second-order valence-electron chi connectivity index (χ2n) is 7.19. The molecule has 0 aliphatic heterocycles. The van der Waals surface area contributed by atoms with E-state index in [1.807, 2.05) is 6.92 Å². The molecule has 1 aromatic heterocycles. The fourth-order valence-corrected chi connectivity index (χ4v) is 2.90. The SMILES string of the molecule is CCCNC(=O)c1cc(Nc2c(C(C)C)cccc2C(C)C)nc(C)n1. The van der Waals surface area contributed by atoms with Crippen molar-refractivity contribution >= 4 is 17.4 Å². The summed E-state index contributed by atoms with van der Waals surface area (Å²) in [4.78, 5) is 21.1. The Kier molecular flexibility index (Phi) is 6.72. The molecule has 0 unspecified atom stereocenters. The lowest BCUT2D eigenvalue weighted by Gasteiger charge is -2.20. The summed E-state index contributed by atoms with van der Waals surface area (Å²) in [5.41, 5.74) is 3.95. The fourth-order valence-electron chi connectivity index (χ4n) is 2.90. The van der Waals surface area contributed by atoms with Gasteiger partial charge in [0.1, 0.15) is 17.3 Å². The van der Waals surface area contributed by atoms with E-state index < -0.39 is 0 Å². The third-order valence-corrected chi connectivity index (χ3v) is 4.23. The number of aryl methyl sites for hydroxylation is 1. The van der Waals surface area contributed by atoms with E-state index >= 15 is 0 Å². The van der Waals surface area contributed by atoms with Gasteiger partial charge < -0.3 is 10.6 Å². The Morgan fingerprint density at radius 2 is 1.69 bits per heavy atom. The van der Waals surface area contributed by atoms with Crippen LogP contribution in [0.2, 0.25) is 0 Å². The molecule has 0 saturated carbocycles. The third-order valence-electron chi connectivity index (χ3n) is 4.23. The Morgan fingerprint density at radius 1 is 1.08 bits per heavy atom. The maximum absolute atomic E-state index is 12.3. The molecule has 0 fully saturated rings. The van der Waals surface area contributed by atoms with Crippen LogP contribution in [0.25, 0.3) is 0 Å². The molecule has 140 valence electrons. The van der Waals surface area contributed by atoms with Crippen LogP contribution in [-0.2, 0) is 0 Å². The largest absolute Gasteiger partial charge is 0.351 e. The Bertz CT molecular complexity index is 742. The van der Waals surface area contributed by atoms with E-state index in [0.717, 1.165) is 12.1 Å². The van der Waals surface area contributed by atoms with Gasteiger partial charge in [0.05, 0.1) is 0 Å². The number of carbonyl (C=O) groups is 1. The molecule has 2 aromatic rings. The molecule has 26 heavy (non-hydrogen) atoms. The van der Waals surface area contributed by atoms with Crippen LogP contribution in [0.3, 0.4) is 0 Å². The van der Waals surface area contributed by atoms with E-state index in [2.05, 4.69) is 66.5 Å². The number of para-hydroxylation sites is 1. The minimum atomic E-state index is -0.165. The van der Waals surface area contributed by atoms with Crippen molar-refractivity contribution in [1.29, 1.82) is 0 Å². The number of anilines is 2. The first-order chi connectivity index (χ1) is 12.3. The van der Waals surface area contributed by atoms with E-state index in [1.54, 1.807) is 13.0 Å². The van der Waals surface area contributed by atoms with Crippen LogP contribution in [0.15, 0.2) is 24.3 Å². The van der Waals surface area contributed by atoms with E-state index in [9.17, 15) is 4.79 Å². The maximum atomic E-state index is 12.3. The van der Waals surface area contributed by atoms with Crippen LogP contribution < -0.4 is 10.6 Å². The summed E-state index contributed by atoms with van der Waals surface area (Å²) in [6.45, 7) is 13.2. The third kappa shape index (κ3) is 4.81. The lowest BCUT2D eigenvalue weighted by atomic mass is 9.92. The van der Waals surface area contributed by atoms with Gasteiger partial charge in [0.15, 0.2) is 0 Å². The van der Waals surface area contributed by atoms with Crippen molar-refractivity contribution in [1.82, 2.24) is 15.3 Å². The number of aromatic nitrogens is 2. The van der Waals surface area contributed by atoms with Crippen molar-refractivity contribution in [2.45, 2.75) is 59.8 Å². The van der Waals surface area contributed by atoms with Gasteiger partial charge in [-0.2, -0.15) is 0 Å². The zero-order valence-electron chi connectivity index (χ0n) is 16.7. The molecule has 5 heteroatoms. The number of carbonyl (C=O) groups excluding carboxylic acids is 1. The molecule has 0 spiro atoms. The minimum absolute atomic E-state index is 0.165. The van der Waals surface area contributed by atoms with Crippen LogP contribution in [-0.4, -0.2) is 22.4 Å².